The zero-order valence-corrected chi connectivity index (χ0v) is 12.1. The third kappa shape index (κ3) is 3.33. The molecule has 0 saturated carbocycles. The molecule has 2 N–H and O–H groups in total. The first kappa shape index (κ1) is 14.9. The van der Waals surface area contributed by atoms with Crippen LogP contribution in [0.25, 0.3) is 5.78 Å². The third-order valence-electron chi connectivity index (χ3n) is 3.07. The Labute approximate surface area is 121 Å². The van der Waals surface area contributed by atoms with Gasteiger partial charge in [0.05, 0.1) is 6.42 Å². The first-order valence-corrected chi connectivity index (χ1v) is 6.64. The fraction of sp³-hybridized carbons (Fsp3) is 0.462. The van der Waals surface area contributed by atoms with Gasteiger partial charge in [0, 0.05) is 17.4 Å². The number of carboxylic acid groups (broad SMARTS) is 1. The molecule has 0 fully saturated rings. The fourth-order valence-electron chi connectivity index (χ4n) is 2.02. The van der Waals surface area contributed by atoms with Gasteiger partial charge in [0.15, 0.2) is 0 Å². The number of nitrogens with one attached hydrogen (secondary N) is 1. The number of amides is 1. The Bertz CT molecular complexity index is 694. The summed E-state index contributed by atoms with van der Waals surface area (Å²) in [6.07, 6.45) is 0.383. The summed E-state index contributed by atoms with van der Waals surface area (Å²) in [5.74, 6) is -1.12. The van der Waals surface area contributed by atoms with Crippen molar-refractivity contribution in [2.75, 3.05) is 0 Å². The maximum absolute atomic E-state index is 12.1. The molecule has 0 aliphatic rings. The van der Waals surface area contributed by atoms with Gasteiger partial charge in [-0.25, -0.2) is 9.50 Å². The SMILES string of the molecule is CCC(CC(=O)O)NC(=O)c1nc2nc(C)cc(C)n2n1. The van der Waals surface area contributed by atoms with E-state index in [9.17, 15) is 9.59 Å². The number of carbonyl (C=O) groups excluding carboxylic acids is 1. The van der Waals surface area contributed by atoms with Gasteiger partial charge >= 0.3 is 5.97 Å². The average molecular weight is 291 g/mol. The monoisotopic (exact) mass is 291 g/mol. The largest absolute Gasteiger partial charge is 0.481 e. The lowest BCUT2D eigenvalue weighted by atomic mass is 10.1. The molecular formula is C13H17N5O3. The molecule has 1 amide bonds. The van der Waals surface area contributed by atoms with Gasteiger partial charge in [-0.2, -0.15) is 4.98 Å². The van der Waals surface area contributed by atoms with Crippen LogP contribution in [-0.4, -0.2) is 42.6 Å². The number of rotatable bonds is 5. The van der Waals surface area contributed by atoms with Crippen LogP contribution in [0, 0.1) is 13.8 Å². The van der Waals surface area contributed by atoms with E-state index < -0.39 is 17.9 Å². The van der Waals surface area contributed by atoms with E-state index in [4.69, 9.17) is 5.11 Å². The molecule has 0 aliphatic heterocycles. The summed E-state index contributed by atoms with van der Waals surface area (Å²) < 4.78 is 1.49. The summed E-state index contributed by atoms with van der Waals surface area (Å²) in [5, 5.41) is 15.5. The molecule has 0 aliphatic carbocycles. The molecule has 112 valence electrons. The maximum atomic E-state index is 12.1. The molecule has 1 unspecified atom stereocenters. The van der Waals surface area contributed by atoms with Crippen molar-refractivity contribution in [3.63, 3.8) is 0 Å². The molecule has 0 radical (unpaired) electrons. The zero-order chi connectivity index (χ0) is 15.6. The number of nitrogens with zero attached hydrogens (tertiary/aromatic N) is 4. The minimum Gasteiger partial charge on any atom is -0.481 e. The highest BCUT2D eigenvalue weighted by Crippen LogP contribution is 2.06. The molecule has 0 aromatic carbocycles. The number of aromatic nitrogens is 4. The topological polar surface area (TPSA) is 109 Å². The first-order valence-electron chi connectivity index (χ1n) is 6.64. The number of hydrogen-bond donors (Lipinski definition) is 2. The van der Waals surface area contributed by atoms with Crippen LogP contribution in [0.4, 0.5) is 0 Å². The van der Waals surface area contributed by atoms with Crippen LogP contribution >= 0.6 is 0 Å². The van der Waals surface area contributed by atoms with Crippen molar-refractivity contribution in [3.8, 4) is 0 Å². The second-order valence-electron chi connectivity index (χ2n) is 4.86. The predicted molar refractivity (Wildman–Crippen MR) is 74.1 cm³/mol. The van der Waals surface area contributed by atoms with Gasteiger partial charge in [0.25, 0.3) is 11.7 Å². The van der Waals surface area contributed by atoms with E-state index in [0.717, 1.165) is 11.4 Å². The van der Waals surface area contributed by atoms with Crippen LogP contribution in [0.5, 0.6) is 0 Å². The summed E-state index contributed by atoms with van der Waals surface area (Å²) in [6, 6.07) is 1.39. The van der Waals surface area contributed by atoms with E-state index in [2.05, 4.69) is 20.4 Å². The summed E-state index contributed by atoms with van der Waals surface area (Å²) in [4.78, 5) is 31.1. The van der Waals surface area contributed by atoms with Gasteiger partial charge < -0.3 is 10.4 Å². The molecule has 0 spiro atoms. The van der Waals surface area contributed by atoms with Crippen molar-refractivity contribution >= 4 is 17.7 Å². The number of hydrogen-bond acceptors (Lipinski definition) is 5. The quantitative estimate of drug-likeness (QED) is 0.840. The predicted octanol–water partition coefficient (Wildman–Crippen LogP) is 0.724. The first-order chi connectivity index (χ1) is 9.90. The maximum Gasteiger partial charge on any atom is 0.305 e. The molecule has 8 heteroatoms. The third-order valence-corrected chi connectivity index (χ3v) is 3.07. The summed E-state index contributed by atoms with van der Waals surface area (Å²) in [6.45, 7) is 5.48. The highest BCUT2D eigenvalue weighted by Gasteiger charge is 2.19. The molecule has 2 heterocycles. The Morgan fingerprint density at radius 2 is 2.10 bits per heavy atom. The Hall–Kier alpha value is -2.51. The number of aryl methyl sites for hydroxylation is 2. The van der Waals surface area contributed by atoms with Gasteiger partial charge in [-0.05, 0) is 26.3 Å². The zero-order valence-electron chi connectivity index (χ0n) is 12.1. The van der Waals surface area contributed by atoms with Crippen molar-refractivity contribution in [1.29, 1.82) is 0 Å². The van der Waals surface area contributed by atoms with Crippen LogP contribution in [0.15, 0.2) is 6.07 Å². The Morgan fingerprint density at radius 3 is 2.71 bits per heavy atom. The lowest BCUT2D eigenvalue weighted by Crippen LogP contribution is -2.36. The van der Waals surface area contributed by atoms with Crippen molar-refractivity contribution < 1.29 is 14.7 Å². The van der Waals surface area contributed by atoms with Gasteiger partial charge in [0.1, 0.15) is 0 Å². The Balaban J connectivity index is 2.23. The number of carbonyl (C=O) groups is 2. The molecule has 1 atom stereocenters. The van der Waals surface area contributed by atoms with E-state index in [1.807, 2.05) is 19.9 Å². The second kappa shape index (κ2) is 5.86. The molecule has 0 bridgehead atoms. The van der Waals surface area contributed by atoms with Crippen LogP contribution < -0.4 is 5.32 Å². The number of carboxylic acids is 1. The minimum absolute atomic E-state index is 0.0139. The summed E-state index contributed by atoms with van der Waals surface area (Å²) >= 11 is 0. The Kier molecular flexibility index (Phi) is 4.15. The molecule has 8 nitrogen and oxygen atoms in total. The van der Waals surface area contributed by atoms with Crippen LogP contribution in [-0.2, 0) is 4.79 Å². The van der Waals surface area contributed by atoms with E-state index >= 15 is 0 Å². The number of aliphatic carboxylic acids is 1. The van der Waals surface area contributed by atoms with E-state index in [-0.39, 0.29) is 12.2 Å². The van der Waals surface area contributed by atoms with E-state index in [0.29, 0.717) is 12.2 Å². The van der Waals surface area contributed by atoms with Crippen molar-refractivity contribution in [3.05, 3.63) is 23.3 Å². The van der Waals surface area contributed by atoms with Gasteiger partial charge in [-0.3, -0.25) is 9.59 Å². The second-order valence-corrected chi connectivity index (χ2v) is 4.86. The van der Waals surface area contributed by atoms with Gasteiger partial charge in [-0.1, -0.05) is 6.92 Å². The Morgan fingerprint density at radius 1 is 1.38 bits per heavy atom. The lowest BCUT2D eigenvalue weighted by molar-refractivity contribution is -0.137. The minimum atomic E-state index is -0.960. The lowest BCUT2D eigenvalue weighted by Gasteiger charge is -2.12. The van der Waals surface area contributed by atoms with E-state index in [1.165, 1.54) is 4.52 Å². The van der Waals surface area contributed by atoms with Crippen LogP contribution in [0.3, 0.4) is 0 Å². The van der Waals surface area contributed by atoms with Crippen LogP contribution in [0.2, 0.25) is 0 Å². The standard InChI is InChI=1S/C13H17N5O3/c1-4-9(6-10(19)20)15-12(21)11-16-13-14-7(2)5-8(3)18(13)17-11/h5,9H,4,6H2,1-3H3,(H,15,21)(H,19,20). The van der Waals surface area contributed by atoms with E-state index in [1.54, 1.807) is 6.92 Å². The van der Waals surface area contributed by atoms with Crippen molar-refractivity contribution in [1.82, 2.24) is 24.9 Å². The highest BCUT2D eigenvalue weighted by atomic mass is 16.4. The van der Waals surface area contributed by atoms with Crippen molar-refractivity contribution in [2.45, 2.75) is 39.7 Å². The molecule has 21 heavy (non-hydrogen) atoms. The smallest absolute Gasteiger partial charge is 0.305 e. The van der Waals surface area contributed by atoms with Crippen LogP contribution in [0.1, 0.15) is 41.8 Å². The van der Waals surface area contributed by atoms with Gasteiger partial charge in [0.2, 0.25) is 5.82 Å². The summed E-state index contributed by atoms with van der Waals surface area (Å²) in [5.41, 5.74) is 1.61. The molecule has 2 aromatic heterocycles. The normalized spacial score (nSPS) is 12.3. The molecule has 2 aromatic rings. The molecule has 0 saturated heterocycles. The fourth-order valence-corrected chi connectivity index (χ4v) is 2.02. The summed E-state index contributed by atoms with van der Waals surface area (Å²) in [7, 11) is 0. The van der Waals surface area contributed by atoms with Gasteiger partial charge in [-0.15, -0.1) is 5.10 Å². The molecule has 2 rings (SSSR count). The average Bonchev–Trinajstić information content (AvgIpc) is 2.81. The highest BCUT2D eigenvalue weighted by molar-refractivity contribution is 5.91. The molecular weight excluding hydrogens is 274 g/mol. The number of fused-ring (bicyclic) bond motifs is 1. The van der Waals surface area contributed by atoms with Crippen molar-refractivity contribution in [2.24, 2.45) is 0 Å².